The fraction of sp³-hybridized carbons (Fsp3) is 0.467. The van der Waals surface area contributed by atoms with Crippen molar-refractivity contribution in [3.8, 4) is 5.75 Å². The van der Waals surface area contributed by atoms with Gasteiger partial charge in [-0.05, 0) is 57.9 Å². The van der Waals surface area contributed by atoms with E-state index in [1.807, 2.05) is 27.7 Å². The highest BCUT2D eigenvalue weighted by molar-refractivity contribution is 6.55. The highest BCUT2D eigenvalue weighted by atomic mass is 19.1. The molecule has 0 amide bonds. The lowest BCUT2D eigenvalue weighted by Crippen LogP contribution is -2.41. The summed E-state index contributed by atoms with van der Waals surface area (Å²) in [5.74, 6) is 0.151. The standard InChI is InChI=1S/C15H20BFO3/c1-10(11-6-8-12(18)9-7-11)13(17)16-19-14(2,3)15(4,5)20-16/h6-9,18H,1-5H3. The largest absolute Gasteiger partial charge is 0.525 e. The van der Waals surface area contributed by atoms with E-state index in [0.717, 1.165) is 0 Å². The summed E-state index contributed by atoms with van der Waals surface area (Å²) in [5.41, 5.74) is -0.429. The monoisotopic (exact) mass is 278 g/mol. The van der Waals surface area contributed by atoms with Gasteiger partial charge in [0.25, 0.3) is 0 Å². The summed E-state index contributed by atoms with van der Waals surface area (Å²) < 4.78 is 25.9. The number of rotatable bonds is 2. The Bertz CT molecular complexity index is 519. The van der Waals surface area contributed by atoms with E-state index in [1.165, 1.54) is 12.1 Å². The SMILES string of the molecule is CC(=C(F)B1OC(C)(C)C(C)(C)O1)c1ccc(O)cc1. The zero-order valence-corrected chi connectivity index (χ0v) is 12.5. The topological polar surface area (TPSA) is 38.7 Å². The number of halogens is 1. The molecule has 1 N–H and O–H groups in total. The Kier molecular flexibility index (Phi) is 3.69. The minimum absolute atomic E-state index is 0.151. The minimum Gasteiger partial charge on any atom is -0.508 e. The van der Waals surface area contributed by atoms with E-state index in [9.17, 15) is 9.50 Å². The summed E-state index contributed by atoms with van der Waals surface area (Å²) in [4.78, 5) is 0. The molecule has 2 rings (SSSR count). The van der Waals surface area contributed by atoms with Crippen LogP contribution >= 0.6 is 0 Å². The Labute approximate surface area is 119 Å². The lowest BCUT2D eigenvalue weighted by molar-refractivity contribution is 0.00578. The van der Waals surface area contributed by atoms with Crippen LogP contribution in [-0.4, -0.2) is 23.4 Å². The molecule has 1 heterocycles. The van der Waals surface area contributed by atoms with Crippen molar-refractivity contribution < 1.29 is 18.8 Å². The molecule has 0 aromatic heterocycles. The first-order valence-corrected chi connectivity index (χ1v) is 6.65. The fourth-order valence-electron chi connectivity index (χ4n) is 1.97. The van der Waals surface area contributed by atoms with Crippen molar-refractivity contribution in [2.24, 2.45) is 0 Å². The smallest absolute Gasteiger partial charge is 0.508 e. The Morgan fingerprint density at radius 2 is 1.50 bits per heavy atom. The number of hydrogen-bond acceptors (Lipinski definition) is 3. The highest BCUT2D eigenvalue weighted by Crippen LogP contribution is 2.40. The first-order chi connectivity index (χ1) is 9.14. The third-order valence-electron chi connectivity index (χ3n) is 4.12. The van der Waals surface area contributed by atoms with Crippen molar-refractivity contribution in [1.82, 2.24) is 0 Å². The van der Waals surface area contributed by atoms with Gasteiger partial charge in [0, 0.05) is 0 Å². The molecule has 1 fully saturated rings. The van der Waals surface area contributed by atoms with E-state index in [0.29, 0.717) is 11.1 Å². The molecule has 5 heteroatoms. The van der Waals surface area contributed by atoms with Crippen LogP contribution in [0.2, 0.25) is 0 Å². The van der Waals surface area contributed by atoms with Crippen molar-refractivity contribution in [2.75, 3.05) is 0 Å². The van der Waals surface area contributed by atoms with Crippen LogP contribution in [0.1, 0.15) is 40.2 Å². The summed E-state index contributed by atoms with van der Waals surface area (Å²) in [6.45, 7) is 9.21. The predicted molar refractivity (Wildman–Crippen MR) is 77.9 cm³/mol. The van der Waals surface area contributed by atoms with Crippen LogP contribution in [0.25, 0.3) is 5.57 Å². The van der Waals surface area contributed by atoms with Crippen molar-refractivity contribution >= 4 is 12.7 Å². The molecule has 0 unspecified atom stereocenters. The minimum atomic E-state index is -0.992. The van der Waals surface area contributed by atoms with Crippen LogP contribution in [0.4, 0.5) is 4.39 Å². The van der Waals surface area contributed by atoms with Crippen molar-refractivity contribution in [2.45, 2.75) is 45.8 Å². The van der Waals surface area contributed by atoms with Gasteiger partial charge in [-0.2, -0.15) is 0 Å². The molecule has 1 aliphatic heterocycles. The summed E-state index contributed by atoms with van der Waals surface area (Å²) in [6, 6.07) is 6.37. The van der Waals surface area contributed by atoms with E-state index >= 15 is 0 Å². The van der Waals surface area contributed by atoms with Gasteiger partial charge in [0.2, 0.25) is 0 Å². The fourth-order valence-corrected chi connectivity index (χ4v) is 1.97. The van der Waals surface area contributed by atoms with Crippen LogP contribution in [0, 0.1) is 0 Å². The molecule has 1 aromatic carbocycles. The van der Waals surface area contributed by atoms with E-state index < -0.39 is 24.0 Å². The maximum absolute atomic E-state index is 14.5. The average Bonchev–Trinajstić information content (AvgIpc) is 2.57. The molecule has 1 aliphatic rings. The zero-order valence-electron chi connectivity index (χ0n) is 12.5. The summed E-state index contributed by atoms with van der Waals surface area (Å²) >= 11 is 0. The molecule has 1 saturated heterocycles. The molecule has 0 aliphatic carbocycles. The second-order valence-electron chi connectivity index (χ2n) is 6.11. The number of hydrogen-bond donors (Lipinski definition) is 1. The van der Waals surface area contributed by atoms with E-state index in [2.05, 4.69) is 0 Å². The second kappa shape index (κ2) is 4.90. The molecule has 0 atom stereocenters. The van der Waals surface area contributed by atoms with Crippen molar-refractivity contribution in [3.05, 3.63) is 35.6 Å². The maximum Gasteiger partial charge on any atom is 0.525 e. The number of allylic oxidation sites excluding steroid dienone is 1. The van der Waals surface area contributed by atoms with Crippen LogP contribution in [0.5, 0.6) is 5.75 Å². The molecule has 0 bridgehead atoms. The summed E-state index contributed by atoms with van der Waals surface area (Å²) in [6.07, 6.45) is 0. The number of aromatic hydroxyl groups is 1. The molecular weight excluding hydrogens is 258 g/mol. The molecule has 0 radical (unpaired) electrons. The summed E-state index contributed by atoms with van der Waals surface area (Å²) in [5, 5.41) is 9.27. The van der Waals surface area contributed by atoms with Crippen molar-refractivity contribution in [1.29, 1.82) is 0 Å². The van der Waals surface area contributed by atoms with E-state index in [4.69, 9.17) is 9.31 Å². The normalized spacial score (nSPS) is 21.8. The number of phenolic OH excluding ortho intramolecular Hbond substituents is 1. The third kappa shape index (κ3) is 2.60. The maximum atomic E-state index is 14.5. The first kappa shape index (κ1) is 15.1. The van der Waals surface area contributed by atoms with Gasteiger partial charge in [0.15, 0.2) is 0 Å². The van der Waals surface area contributed by atoms with Crippen LogP contribution in [0.3, 0.4) is 0 Å². The van der Waals surface area contributed by atoms with Gasteiger partial charge >= 0.3 is 7.12 Å². The molecule has 0 saturated carbocycles. The first-order valence-electron chi connectivity index (χ1n) is 6.65. The predicted octanol–water partition coefficient (Wildman–Crippen LogP) is 3.72. The molecule has 20 heavy (non-hydrogen) atoms. The average molecular weight is 278 g/mol. The van der Waals surface area contributed by atoms with Gasteiger partial charge in [-0.1, -0.05) is 12.1 Å². The lowest BCUT2D eigenvalue weighted by Gasteiger charge is -2.32. The van der Waals surface area contributed by atoms with Gasteiger partial charge in [-0.15, -0.1) is 0 Å². The molecule has 3 nitrogen and oxygen atoms in total. The lowest BCUT2D eigenvalue weighted by atomic mass is 9.83. The van der Waals surface area contributed by atoms with Gasteiger partial charge in [0.05, 0.1) is 11.2 Å². The molecular formula is C15H20BFO3. The second-order valence-corrected chi connectivity index (χ2v) is 6.11. The molecule has 1 aromatic rings. The van der Waals surface area contributed by atoms with Crippen LogP contribution in [0.15, 0.2) is 30.0 Å². The summed E-state index contributed by atoms with van der Waals surface area (Å²) in [7, 11) is -0.992. The van der Waals surface area contributed by atoms with Crippen LogP contribution < -0.4 is 0 Å². The van der Waals surface area contributed by atoms with E-state index in [-0.39, 0.29) is 5.75 Å². The van der Waals surface area contributed by atoms with Crippen LogP contribution in [-0.2, 0) is 9.31 Å². The quantitative estimate of drug-likeness (QED) is 0.838. The molecule has 108 valence electrons. The zero-order chi connectivity index (χ0) is 15.1. The Morgan fingerprint density at radius 3 is 1.95 bits per heavy atom. The third-order valence-corrected chi connectivity index (χ3v) is 4.12. The Balaban J connectivity index is 2.29. The number of phenols is 1. The van der Waals surface area contributed by atoms with E-state index in [1.54, 1.807) is 19.1 Å². The van der Waals surface area contributed by atoms with Crippen molar-refractivity contribution in [3.63, 3.8) is 0 Å². The highest BCUT2D eigenvalue weighted by Gasteiger charge is 2.53. The molecule has 0 spiro atoms. The van der Waals surface area contributed by atoms with Gasteiger partial charge in [0.1, 0.15) is 11.5 Å². The van der Waals surface area contributed by atoms with Gasteiger partial charge in [-0.25, -0.2) is 4.39 Å². The Hall–Kier alpha value is -1.33. The van der Waals surface area contributed by atoms with Gasteiger partial charge < -0.3 is 14.4 Å². The van der Waals surface area contributed by atoms with Gasteiger partial charge in [-0.3, -0.25) is 0 Å². The number of benzene rings is 1. The Morgan fingerprint density at radius 1 is 1.05 bits per heavy atom.